The molecule has 1 N–H and O–H groups in total. The Bertz CT molecular complexity index is 1230. The number of aromatic nitrogens is 2. The van der Waals surface area contributed by atoms with E-state index < -0.39 is 0 Å². The maximum Gasteiger partial charge on any atom is 0.254 e. The molecule has 0 bridgehead atoms. The first-order chi connectivity index (χ1) is 14.7. The number of hydrogen-bond acceptors (Lipinski definition) is 4. The van der Waals surface area contributed by atoms with Gasteiger partial charge in [-0.25, -0.2) is 4.98 Å². The van der Waals surface area contributed by atoms with Crippen molar-refractivity contribution >= 4 is 11.3 Å². The second-order valence-corrected chi connectivity index (χ2v) is 8.83. The Morgan fingerprint density at radius 2 is 1.83 bits per heavy atom. The molecule has 0 spiro atoms. The van der Waals surface area contributed by atoms with Gasteiger partial charge in [-0.2, -0.15) is 0 Å². The molecule has 4 nitrogen and oxygen atoms in total. The van der Waals surface area contributed by atoms with Crippen LogP contribution in [0.5, 0.6) is 0 Å². The SMILES string of the molecule is Cc1ccc(-c2nc3c(c(=O)[nH]2)CCN(Cc2cc(-c4ccccc4)cs2)C3)cc1. The predicted molar refractivity (Wildman–Crippen MR) is 123 cm³/mol. The van der Waals surface area contributed by atoms with E-state index in [1.165, 1.54) is 21.6 Å². The number of nitrogens with one attached hydrogen (secondary N) is 1. The van der Waals surface area contributed by atoms with Crippen molar-refractivity contribution in [3.05, 3.63) is 98.1 Å². The molecule has 5 heteroatoms. The fourth-order valence-electron chi connectivity index (χ4n) is 3.94. The Morgan fingerprint density at radius 3 is 2.63 bits per heavy atom. The van der Waals surface area contributed by atoms with Crippen molar-refractivity contribution in [1.29, 1.82) is 0 Å². The molecule has 0 unspecified atom stereocenters. The van der Waals surface area contributed by atoms with E-state index in [1.807, 2.05) is 30.3 Å². The van der Waals surface area contributed by atoms with E-state index in [-0.39, 0.29) is 5.56 Å². The molecule has 30 heavy (non-hydrogen) atoms. The number of benzene rings is 2. The van der Waals surface area contributed by atoms with Gasteiger partial charge in [-0.3, -0.25) is 9.69 Å². The van der Waals surface area contributed by atoms with Crippen LogP contribution < -0.4 is 5.56 Å². The monoisotopic (exact) mass is 413 g/mol. The van der Waals surface area contributed by atoms with Crippen LogP contribution in [0.2, 0.25) is 0 Å². The van der Waals surface area contributed by atoms with Gasteiger partial charge >= 0.3 is 0 Å². The largest absolute Gasteiger partial charge is 0.306 e. The molecule has 1 aliphatic heterocycles. The van der Waals surface area contributed by atoms with Crippen LogP contribution in [0, 0.1) is 6.92 Å². The fourth-order valence-corrected chi connectivity index (χ4v) is 4.88. The molecular weight excluding hydrogens is 390 g/mol. The minimum atomic E-state index is -0.00212. The molecule has 0 fully saturated rings. The Hall–Kier alpha value is -3.02. The van der Waals surface area contributed by atoms with Crippen molar-refractivity contribution in [2.24, 2.45) is 0 Å². The molecule has 4 aromatic rings. The van der Waals surface area contributed by atoms with Crippen LogP contribution in [0.25, 0.3) is 22.5 Å². The van der Waals surface area contributed by atoms with Gasteiger partial charge in [0.2, 0.25) is 0 Å². The average Bonchev–Trinajstić information content (AvgIpc) is 3.23. The van der Waals surface area contributed by atoms with Gasteiger partial charge in [0.25, 0.3) is 5.56 Å². The van der Waals surface area contributed by atoms with Crippen molar-refractivity contribution in [2.75, 3.05) is 6.54 Å². The first-order valence-corrected chi connectivity index (χ1v) is 11.1. The standard InChI is InChI=1S/C25H23N3OS/c1-17-7-9-19(10-8-17)24-26-23-15-28(12-11-22(23)25(29)27-24)14-21-13-20(16-30-21)18-5-3-2-4-6-18/h2-10,13,16H,11-12,14-15H2,1H3,(H,26,27,29). The summed E-state index contributed by atoms with van der Waals surface area (Å²) in [5, 5.41) is 2.22. The van der Waals surface area contributed by atoms with E-state index in [0.717, 1.165) is 36.3 Å². The highest BCUT2D eigenvalue weighted by atomic mass is 32.1. The molecule has 2 aromatic heterocycles. The Kier molecular flexibility index (Phi) is 5.07. The summed E-state index contributed by atoms with van der Waals surface area (Å²) < 4.78 is 0. The minimum Gasteiger partial charge on any atom is -0.306 e. The molecular formula is C25H23N3OS. The number of H-pyrrole nitrogens is 1. The molecule has 3 heterocycles. The minimum absolute atomic E-state index is 0.00212. The van der Waals surface area contributed by atoms with E-state index in [4.69, 9.17) is 4.98 Å². The summed E-state index contributed by atoms with van der Waals surface area (Å²) in [4.78, 5) is 24.2. The Labute approximate surface area is 179 Å². The molecule has 0 aliphatic carbocycles. The Morgan fingerprint density at radius 1 is 1.03 bits per heavy atom. The molecule has 0 atom stereocenters. The number of hydrogen-bond donors (Lipinski definition) is 1. The molecule has 1 aliphatic rings. The third-order valence-corrected chi connectivity index (χ3v) is 6.54. The van der Waals surface area contributed by atoms with Crippen molar-refractivity contribution < 1.29 is 0 Å². The molecule has 5 rings (SSSR count). The van der Waals surface area contributed by atoms with Gasteiger partial charge in [0.1, 0.15) is 5.82 Å². The highest BCUT2D eigenvalue weighted by molar-refractivity contribution is 7.10. The van der Waals surface area contributed by atoms with Crippen LogP contribution in [0.15, 0.2) is 70.8 Å². The second-order valence-electron chi connectivity index (χ2n) is 7.83. The third-order valence-electron chi connectivity index (χ3n) is 5.62. The van der Waals surface area contributed by atoms with E-state index in [1.54, 1.807) is 11.3 Å². The summed E-state index contributed by atoms with van der Waals surface area (Å²) in [7, 11) is 0. The van der Waals surface area contributed by atoms with Crippen molar-refractivity contribution in [3.8, 4) is 22.5 Å². The highest BCUT2D eigenvalue weighted by Crippen LogP contribution is 2.27. The number of aryl methyl sites for hydroxylation is 1. The van der Waals surface area contributed by atoms with Crippen LogP contribution in [-0.2, 0) is 19.5 Å². The van der Waals surface area contributed by atoms with Gasteiger partial charge in [-0.1, -0.05) is 60.2 Å². The van der Waals surface area contributed by atoms with Crippen molar-refractivity contribution in [2.45, 2.75) is 26.4 Å². The van der Waals surface area contributed by atoms with Gasteiger partial charge in [0, 0.05) is 35.6 Å². The van der Waals surface area contributed by atoms with E-state index in [9.17, 15) is 4.79 Å². The van der Waals surface area contributed by atoms with Gasteiger partial charge < -0.3 is 4.98 Å². The summed E-state index contributed by atoms with van der Waals surface area (Å²) in [6.45, 7) is 4.51. The maximum atomic E-state index is 12.6. The van der Waals surface area contributed by atoms with Crippen LogP contribution in [0.4, 0.5) is 0 Å². The molecule has 0 saturated heterocycles. The Balaban J connectivity index is 1.36. The average molecular weight is 414 g/mol. The molecule has 0 radical (unpaired) electrons. The van der Waals surface area contributed by atoms with Crippen LogP contribution in [0.1, 0.15) is 21.7 Å². The lowest BCUT2D eigenvalue weighted by Crippen LogP contribution is -2.34. The molecule has 150 valence electrons. The lowest BCUT2D eigenvalue weighted by Gasteiger charge is -2.27. The van der Waals surface area contributed by atoms with Crippen LogP contribution in [-0.4, -0.2) is 21.4 Å². The first kappa shape index (κ1) is 19.0. The zero-order valence-corrected chi connectivity index (χ0v) is 17.7. The highest BCUT2D eigenvalue weighted by Gasteiger charge is 2.22. The predicted octanol–water partition coefficient (Wildman–Crippen LogP) is 5.03. The second kappa shape index (κ2) is 8.01. The summed E-state index contributed by atoms with van der Waals surface area (Å²) in [5.41, 5.74) is 6.39. The number of aromatic amines is 1. The molecule has 0 amide bonds. The first-order valence-electron chi connectivity index (χ1n) is 10.2. The van der Waals surface area contributed by atoms with E-state index in [0.29, 0.717) is 12.4 Å². The lowest BCUT2D eigenvalue weighted by molar-refractivity contribution is 0.243. The number of nitrogens with zero attached hydrogens (tertiary/aromatic N) is 2. The number of rotatable bonds is 4. The van der Waals surface area contributed by atoms with E-state index >= 15 is 0 Å². The zero-order chi connectivity index (χ0) is 20.5. The van der Waals surface area contributed by atoms with Gasteiger partial charge in [0.05, 0.1) is 5.69 Å². The smallest absolute Gasteiger partial charge is 0.254 e. The summed E-state index contributed by atoms with van der Waals surface area (Å²) in [5.74, 6) is 0.656. The van der Waals surface area contributed by atoms with Gasteiger partial charge in [0.15, 0.2) is 0 Å². The fraction of sp³-hybridized carbons (Fsp3) is 0.200. The lowest BCUT2D eigenvalue weighted by atomic mass is 10.1. The summed E-state index contributed by atoms with van der Waals surface area (Å²) in [6, 6.07) is 20.9. The van der Waals surface area contributed by atoms with E-state index in [2.05, 4.69) is 52.5 Å². The number of fused-ring (bicyclic) bond motifs is 1. The van der Waals surface area contributed by atoms with Crippen molar-refractivity contribution in [3.63, 3.8) is 0 Å². The quantitative estimate of drug-likeness (QED) is 0.510. The van der Waals surface area contributed by atoms with Crippen LogP contribution >= 0.6 is 11.3 Å². The normalized spacial score (nSPS) is 13.9. The van der Waals surface area contributed by atoms with Crippen LogP contribution in [0.3, 0.4) is 0 Å². The van der Waals surface area contributed by atoms with Gasteiger partial charge in [-0.05, 0) is 35.9 Å². The number of thiophene rings is 1. The molecule has 2 aromatic carbocycles. The third kappa shape index (κ3) is 3.86. The maximum absolute atomic E-state index is 12.6. The topological polar surface area (TPSA) is 49.0 Å². The summed E-state index contributed by atoms with van der Waals surface area (Å²) >= 11 is 1.79. The zero-order valence-electron chi connectivity index (χ0n) is 16.9. The van der Waals surface area contributed by atoms with Crippen molar-refractivity contribution in [1.82, 2.24) is 14.9 Å². The van der Waals surface area contributed by atoms with Gasteiger partial charge in [-0.15, -0.1) is 11.3 Å². The summed E-state index contributed by atoms with van der Waals surface area (Å²) in [6.07, 6.45) is 0.739. The molecule has 0 saturated carbocycles.